The summed E-state index contributed by atoms with van der Waals surface area (Å²) in [7, 11) is 1.49. The lowest BCUT2D eigenvalue weighted by Crippen LogP contribution is -2.39. The molecule has 0 bridgehead atoms. The van der Waals surface area contributed by atoms with E-state index < -0.39 is 5.60 Å². The number of methoxy groups -OCH3 is 1. The summed E-state index contributed by atoms with van der Waals surface area (Å²) in [6.45, 7) is 1.70. The average molecular weight is 246 g/mol. The Morgan fingerprint density at radius 1 is 1.39 bits per heavy atom. The topological polar surface area (TPSA) is 79.9 Å². The van der Waals surface area contributed by atoms with E-state index in [2.05, 4.69) is 20.5 Å². The molecule has 1 aromatic heterocycles. The zero-order valence-corrected chi connectivity index (χ0v) is 10.2. The van der Waals surface area contributed by atoms with E-state index >= 15 is 0 Å². The number of rotatable bonds is 4. The Balaban J connectivity index is 2.24. The van der Waals surface area contributed by atoms with Crippen LogP contribution in [0.1, 0.15) is 12.5 Å². The monoisotopic (exact) mass is 246 g/mol. The number of carbonyl (C=O) groups excluding carboxylic acids is 1. The zero-order valence-electron chi connectivity index (χ0n) is 10.2. The number of H-pyrrole nitrogens is 1. The molecule has 0 fully saturated rings. The van der Waals surface area contributed by atoms with Gasteiger partial charge in [-0.1, -0.05) is 30.3 Å². The van der Waals surface area contributed by atoms with Gasteiger partial charge in [0.2, 0.25) is 5.95 Å². The Morgan fingerprint density at radius 2 is 2.11 bits per heavy atom. The van der Waals surface area contributed by atoms with Crippen LogP contribution >= 0.6 is 0 Å². The molecule has 94 valence electrons. The molecule has 1 amide bonds. The average Bonchev–Trinajstić information content (AvgIpc) is 2.91. The van der Waals surface area contributed by atoms with E-state index in [-0.39, 0.29) is 5.91 Å². The van der Waals surface area contributed by atoms with Gasteiger partial charge in [0, 0.05) is 7.11 Å². The van der Waals surface area contributed by atoms with Gasteiger partial charge in [-0.15, -0.1) is 0 Å². The van der Waals surface area contributed by atoms with Crippen molar-refractivity contribution in [2.75, 3.05) is 12.4 Å². The predicted octanol–water partition coefficient (Wildman–Crippen LogP) is 1.30. The van der Waals surface area contributed by atoms with Crippen LogP contribution in [0.5, 0.6) is 0 Å². The highest BCUT2D eigenvalue weighted by atomic mass is 16.5. The number of amides is 1. The second-order valence-electron chi connectivity index (χ2n) is 3.89. The van der Waals surface area contributed by atoms with Gasteiger partial charge in [-0.05, 0) is 12.5 Å². The van der Waals surface area contributed by atoms with Gasteiger partial charge < -0.3 is 4.74 Å². The Labute approximate surface area is 104 Å². The first-order valence-corrected chi connectivity index (χ1v) is 5.44. The van der Waals surface area contributed by atoms with Crippen LogP contribution in [0.3, 0.4) is 0 Å². The minimum absolute atomic E-state index is 0.291. The molecule has 0 saturated heterocycles. The molecule has 0 saturated carbocycles. The molecule has 0 spiro atoms. The highest BCUT2D eigenvalue weighted by Gasteiger charge is 2.35. The predicted molar refractivity (Wildman–Crippen MR) is 65.8 cm³/mol. The van der Waals surface area contributed by atoms with Crippen molar-refractivity contribution in [3.63, 3.8) is 0 Å². The van der Waals surface area contributed by atoms with Gasteiger partial charge in [0.25, 0.3) is 5.91 Å². The van der Waals surface area contributed by atoms with Gasteiger partial charge in [-0.2, -0.15) is 10.1 Å². The highest BCUT2D eigenvalue weighted by Crippen LogP contribution is 2.25. The first-order chi connectivity index (χ1) is 8.66. The Bertz CT molecular complexity index is 512. The third-order valence-electron chi connectivity index (χ3n) is 2.81. The maximum atomic E-state index is 12.2. The number of nitrogens with zero attached hydrogens (tertiary/aromatic N) is 2. The quantitative estimate of drug-likeness (QED) is 0.852. The maximum absolute atomic E-state index is 12.2. The molecule has 2 N–H and O–H groups in total. The number of anilines is 1. The number of hydrogen-bond donors (Lipinski definition) is 2. The molecule has 1 heterocycles. The van der Waals surface area contributed by atoms with Crippen LogP contribution in [0.25, 0.3) is 0 Å². The molecule has 6 heteroatoms. The number of ether oxygens (including phenoxy) is 1. The smallest absolute Gasteiger partial charge is 0.263 e. The Hall–Kier alpha value is -2.21. The van der Waals surface area contributed by atoms with Gasteiger partial charge in [-0.3, -0.25) is 10.1 Å². The largest absolute Gasteiger partial charge is 0.364 e. The molecule has 0 aliphatic heterocycles. The molecule has 0 radical (unpaired) electrons. The van der Waals surface area contributed by atoms with Gasteiger partial charge >= 0.3 is 0 Å². The summed E-state index contributed by atoms with van der Waals surface area (Å²) in [5.74, 6) is -0.0212. The van der Waals surface area contributed by atoms with Crippen LogP contribution in [0.15, 0.2) is 36.7 Å². The Morgan fingerprint density at radius 3 is 2.67 bits per heavy atom. The summed E-state index contributed by atoms with van der Waals surface area (Å²) in [4.78, 5) is 16.1. The summed E-state index contributed by atoms with van der Waals surface area (Å²) in [5, 5.41) is 8.85. The molecule has 1 aromatic carbocycles. The van der Waals surface area contributed by atoms with Crippen molar-refractivity contribution < 1.29 is 9.53 Å². The van der Waals surface area contributed by atoms with Crippen LogP contribution in [-0.4, -0.2) is 28.2 Å². The fourth-order valence-electron chi connectivity index (χ4n) is 1.59. The number of aromatic nitrogens is 3. The van der Waals surface area contributed by atoms with E-state index in [1.165, 1.54) is 13.4 Å². The van der Waals surface area contributed by atoms with Crippen molar-refractivity contribution in [2.24, 2.45) is 0 Å². The molecular weight excluding hydrogens is 232 g/mol. The van der Waals surface area contributed by atoms with Gasteiger partial charge in [0.1, 0.15) is 6.33 Å². The normalized spacial score (nSPS) is 13.9. The molecule has 6 nitrogen and oxygen atoms in total. The number of aromatic amines is 1. The van der Waals surface area contributed by atoms with Crippen LogP contribution in [0, 0.1) is 0 Å². The van der Waals surface area contributed by atoms with Crippen LogP contribution in [-0.2, 0) is 15.1 Å². The molecular formula is C12H14N4O2. The number of benzene rings is 1. The van der Waals surface area contributed by atoms with E-state index in [9.17, 15) is 4.79 Å². The molecule has 2 aromatic rings. The fraction of sp³-hybridized carbons (Fsp3) is 0.250. The van der Waals surface area contributed by atoms with E-state index in [0.29, 0.717) is 5.95 Å². The second-order valence-corrected chi connectivity index (χ2v) is 3.89. The van der Waals surface area contributed by atoms with Crippen LogP contribution in [0.4, 0.5) is 5.95 Å². The minimum Gasteiger partial charge on any atom is -0.364 e. The second kappa shape index (κ2) is 4.97. The molecule has 1 unspecified atom stereocenters. The first kappa shape index (κ1) is 12.3. The standard InChI is InChI=1S/C12H14N4O2/c1-12(18-2,9-6-4-3-5-7-9)10(17)15-11-13-8-14-16-11/h3-8H,1-2H3,(H2,13,14,15,16,17). The maximum Gasteiger partial charge on any atom is 0.263 e. The summed E-state index contributed by atoms with van der Waals surface area (Å²) >= 11 is 0. The fourth-order valence-corrected chi connectivity index (χ4v) is 1.59. The van der Waals surface area contributed by atoms with Crippen molar-refractivity contribution in [1.82, 2.24) is 15.2 Å². The van der Waals surface area contributed by atoms with Crippen molar-refractivity contribution in [3.05, 3.63) is 42.2 Å². The molecule has 2 rings (SSSR count). The van der Waals surface area contributed by atoms with Gasteiger partial charge in [-0.25, -0.2) is 5.10 Å². The van der Waals surface area contributed by atoms with E-state index in [4.69, 9.17) is 4.74 Å². The SMILES string of the molecule is COC(C)(C(=O)Nc1ncn[nH]1)c1ccccc1. The van der Waals surface area contributed by atoms with Crippen molar-refractivity contribution >= 4 is 11.9 Å². The third kappa shape index (κ3) is 2.23. The van der Waals surface area contributed by atoms with Crippen molar-refractivity contribution in [2.45, 2.75) is 12.5 Å². The highest BCUT2D eigenvalue weighted by molar-refractivity contribution is 5.96. The Kier molecular flexibility index (Phi) is 3.38. The van der Waals surface area contributed by atoms with Crippen LogP contribution < -0.4 is 5.32 Å². The summed E-state index contributed by atoms with van der Waals surface area (Å²) in [5.41, 5.74) is -0.307. The van der Waals surface area contributed by atoms with E-state index in [1.807, 2.05) is 30.3 Å². The van der Waals surface area contributed by atoms with Crippen molar-refractivity contribution in [1.29, 1.82) is 0 Å². The summed E-state index contributed by atoms with van der Waals surface area (Å²) < 4.78 is 5.36. The third-order valence-corrected chi connectivity index (χ3v) is 2.81. The van der Waals surface area contributed by atoms with Gasteiger partial charge in [0.15, 0.2) is 5.60 Å². The van der Waals surface area contributed by atoms with Crippen LogP contribution in [0.2, 0.25) is 0 Å². The van der Waals surface area contributed by atoms with Crippen molar-refractivity contribution in [3.8, 4) is 0 Å². The molecule has 18 heavy (non-hydrogen) atoms. The van der Waals surface area contributed by atoms with Gasteiger partial charge in [0.05, 0.1) is 0 Å². The lowest BCUT2D eigenvalue weighted by Gasteiger charge is -2.26. The lowest BCUT2D eigenvalue weighted by molar-refractivity contribution is -0.136. The number of nitrogens with one attached hydrogen (secondary N) is 2. The van der Waals surface area contributed by atoms with E-state index in [0.717, 1.165) is 5.56 Å². The number of carbonyl (C=O) groups is 1. The summed E-state index contributed by atoms with van der Waals surface area (Å²) in [6, 6.07) is 9.27. The molecule has 0 aliphatic carbocycles. The molecule has 1 atom stereocenters. The lowest BCUT2D eigenvalue weighted by atomic mass is 9.95. The van der Waals surface area contributed by atoms with E-state index in [1.54, 1.807) is 6.92 Å². The number of hydrogen-bond acceptors (Lipinski definition) is 4. The zero-order chi connectivity index (χ0) is 13.0. The molecule has 0 aliphatic rings. The summed E-state index contributed by atoms with van der Waals surface area (Å²) in [6.07, 6.45) is 1.32. The first-order valence-electron chi connectivity index (χ1n) is 5.44. The minimum atomic E-state index is -1.08.